The molecule has 2 atom stereocenters. The van der Waals surface area contributed by atoms with Gasteiger partial charge in [-0.2, -0.15) is 0 Å². The van der Waals surface area contributed by atoms with Crippen molar-refractivity contribution < 1.29 is 9.47 Å². The Morgan fingerprint density at radius 2 is 1.80 bits per heavy atom. The van der Waals surface area contributed by atoms with E-state index in [0.717, 1.165) is 32.3 Å². The smallest absolute Gasteiger partial charge is 0.0847 e. The van der Waals surface area contributed by atoms with Crippen LogP contribution in [0.5, 0.6) is 0 Å². The SMILES string of the molecule is COC1(C(NN)C2CCOC3(CCCC3)C2)CCCC1. The maximum atomic E-state index is 6.17. The minimum atomic E-state index is -0.0451. The van der Waals surface area contributed by atoms with E-state index in [9.17, 15) is 0 Å². The van der Waals surface area contributed by atoms with Gasteiger partial charge in [0.1, 0.15) is 0 Å². The summed E-state index contributed by atoms with van der Waals surface area (Å²) in [6.07, 6.45) is 12.2. The summed E-state index contributed by atoms with van der Waals surface area (Å²) in [4.78, 5) is 0. The highest BCUT2D eigenvalue weighted by Gasteiger charge is 2.49. The molecule has 4 heteroatoms. The summed E-state index contributed by atoms with van der Waals surface area (Å²) in [6.45, 7) is 0.892. The highest BCUT2D eigenvalue weighted by Crippen LogP contribution is 2.46. The van der Waals surface area contributed by atoms with Gasteiger partial charge in [0.25, 0.3) is 0 Å². The Hall–Kier alpha value is -0.160. The molecule has 2 aliphatic carbocycles. The first kappa shape index (κ1) is 14.8. The molecule has 2 unspecified atom stereocenters. The number of hydrazine groups is 1. The lowest BCUT2D eigenvalue weighted by Gasteiger charge is -2.46. The van der Waals surface area contributed by atoms with Gasteiger partial charge in [0.05, 0.1) is 17.2 Å². The monoisotopic (exact) mass is 282 g/mol. The molecule has 116 valence electrons. The second kappa shape index (κ2) is 5.91. The van der Waals surface area contributed by atoms with E-state index < -0.39 is 0 Å². The molecule has 0 aromatic rings. The van der Waals surface area contributed by atoms with Crippen LogP contribution in [0.25, 0.3) is 0 Å². The Morgan fingerprint density at radius 3 is 2.40 bits per heavy atom. The molecule has 0 amide bonds. The lowest BCUT2D eigenvalue weighted by Crippen LogP contribution is -2.59. The van der Waals surface area contributed by atoms with Crippen LogP contribution in [0.15, 0.2) is 0 Å². The van der Waals surface area contributed by atoms with Crippen LogP contribution in [0.2, 0.25) is 0 Å². The molecular weight excluding hydrogens is 252 g/mol. The highest BCUT2D eigenvalue weighted by atomic mass is 16.5. The summed E-state index contributed by atoms with van der Waals surface area (Å²) in [6, 6.07) is 0.274. The second-order valence-corrected chi connectivity index (χ2v) is 7.11. The zero-order valence-electron chi connectivity index (χ0n) is 12.8. The predicted octanol–water partition coefficient (Wildman–Crippen LogP) is 2.52. The van der Waals surface area contributed by atoms with E-state index in [1.807, 2.05) is 7.11 Å². The Kier molecular flexibility index (Phi) is 4.37. The van der Waals surface area contributed by atoms with Crippen molar-refractivity contribution in [3.63, 3.8) is 0 Å². The maximum Gasteiger partial charge on any atom is 0.0847 e. The fraction of sp³-hybridized carbons (Fsp3) is 1.00. The average molecular weight is 282 g/mol. The number of nitrogens with two attached hydrogens (primary N) is 1. The van der Waals surface area contributed by atoms with Crippen molar-refractivity contribution in [1.82, 2.24) is 5.43 Å². The number of hydrogen-bond donors (Lipinski definition) is 2. The molecule has 0 bridgehead atoms. The predicted molar refractivity (Wildman–Crippen MR) is 79.2 cm³/mol. The number of rotatable bonds is 4. The normalized spacial score (nSPS) is 33.6. The van der Waals surface area contributed by atoms with Crippen molar-refractivity contribution in [2.24, 2.45) is 11.8 Å². The molecule has 3 fully saturated rings. The number of nitrogens with one attached hydrogen (secondary N) is 1. The zero-order valence-corrected chi connectivity index (χ0v) is 12.8. The summed E-state index contributed by atoms with van der Waals surface area (Å²) in [5.74, 6) is 6.55. The first-order valence-electron chi connectivity index (χ1n) is 8.39. The first-order chi connectivity index (χ1) is 9.74. The molecule has 0 aromatic carbocycles. The van der Waals surface area contributed by atoms with Gasteiger partial charge in [0, 0.05) is 13.7 Å². The Morgan fingerprint density at radius 1 is 1.15 bits per heavy atom. The van der Waals surface area contributed by atoms with E-state index in [1.165, 1.54) is 38.5 Å². The molecule has 20 heavy (non-hydrogen) atoms. The van der Waals surface area contributed by atoms with Crippen LogP contribution in [0.3, 0.4) is 0 Å². The molecule has 0 aromatic heterocycles. The molecule has 3 rings (SSSR count). The molecule has 0 radical (unpaired) electrons. The molecule has 3 aliphatic rings. The lowest BCUT2D eigenvalue weighted by atomic mass is 9.74. The van der Waals surface area contributed by atoms with Crippen LogP contribution in [0.1, 0.15) is 64.2 Å². The summed E-state index contributed by atoms with van der Waals surface area (Å²) in [5, 5.41) is 0. The van der Waals surface area contributed by atoms with Crippen LogP contribution in [-0.2, 0) is 9.47 Å². The van der Waals surface area contributed by atoms with Crippen molar-refractivity contribution in [3.05, 3.63) is 0 Å². The largest absolute Gasteiger partial charge is 0.377 e. The molecule has 1 saturated heterocycles. The average Bonchev–Trinajstić information content (AvgIpc) is 3.11. The van der Waals surface area contributed by atoms with Gasteiger partial charge in [0.15, 0.2) is 0 Å². The fourth-order valence-corrected chi connectivity index (χ4v) is 5.05. The van der Waals surface area contributed by atoms with E-state index in [4.69, 9.17) is 15.3 Å². The van der Waals surface area contributed by atoms with Crippen LogP contribution in [0.4, 0.5) is 0 Å². The van der Waals surface area contributed by atoms with Gasteiger partial charge in [-0.15, -0.1) is 0 Å². The fourth-order valence-electron chi connectivity index (χ4n) is 5.05. The molecule has 4 nitrogen and oxygen atoms in total. The summed E-state index contributed by atoms with van der Waals surface area (Å²) in [7, 11) is 1.86. The van der Waals surface area contributed by atoms with Crippen molar-refractivity contribution >= 4 is 0 Å². The van der Waals surface area contributed by atoms with Gasteiger partial charge in [-0.05, 0) is 44.4 Å². The zero-order chi connectivity index (χ0) is 14.1. The minimum absolute atomic E-state index is 0.0451. The van der Waals surface area contributed by atoms with Crippen LogP contribution < -0.4 is 11.3 Å². The Labute approximate surface area is 122 Å². The van der Waals surface area contributed by atoms with Gasteiger partial charge in [-0.3, -0.25) is 11.3 Å². The molecule has 2 saturated carbocycles. The second-order valence-electron chi connectivity index (χ2n) is 7.11. The molecular formula is C16H30N2O2. The lowest BCUT2D eigenvalue weighted by molar-refractivity contribution is -0.123. The maximum absolute atomic E-state index is 6.17. The number of hydrogen-bond acceptors (Lipinski definition) is 4. The van der Waals surface area contributed by atoms with Gasteiger partial charge in [-0.1, -0.05) is 25.7 Å². The Balaban J connectivity index is 1.75. The van der Waals surface area contributed by atoms with Crippen LogP contribution >= 0.6 is 0 Å². The Bertz CT molecular complexity index is 322. The van der Waals surface area contributed by atoms with E-state index in [1.54, 1.807) is 0 Å². The third-order valence-corrected chi connectivity index (χ3v) is 6.12. The van der Waals surface area contributed by atoms with Crippen molar-refractivity contribution in [1.29, 1.82) is 0 Å². The summed E-state index contributed by atoms with van der Waals surface area (Å²) < 4.78 is 12.1. The van der Waals surface area contributed by atoms with Crippen molar-refractivity contribution in [2.75, 3.05) is 13.7 Å². The van der Waals surface area contributed by atoms with Crippen LogP contribution in [-0.4, -0.2) is 31.0 Å². The van der Waals surface area contributed by atoms with E-state index in [0.29, 0.717) is 5.92 Å². The molecule has 1 heterocycles. The van der Waals surface area contributed by atoms with Crippen LogP contribution in [0, 0.1) is 5.92 Å². The van der Waals surface area contributed by atoms with E-state index in [-0.39, 0.29) is 17.2 Å². The summed E-state index contributed by atoms with van der Waals surface area (Å²) in [5.41, 5.74) is 3.24. The minimum Gasteiger partial charge on any atom is -0.377 e. The van der Waals surface area contributed by atoms with E-state index in [2.05, 4.69) is 5.43 Å². The topological polar surface area (TPSA) is 56.5 Å². The molecule has 1 spiro atoms. The van der Waals surface area contributed by atoms with Crippen molar-refractivity contribution in [2.45, 2.75) is 81.5 Å². The number of ether oxygens (including phenoxy) is 2. The first-order valence-corrected chi connectivity index (χ1v) is 8.39. The van der Waals surface area contributed by atoms with Gasteiger partial charge in [0.2, 0.25) is 0 Å². The third kappa shape index (κ3) is 2.52. The number of methoxy groups -OCH3 is 1. The van der Waals surface area contributed by atoms with Crippen molar-refractivity contribution in [3.8, 4) is 0 Å². The van der Waals surface area contributed by atoms with Gasteiger partial charge < -0.3 is 9.47 Å². The summed E-state index contributed by atoms with van der Waals surface area (Å²) >= 11 is 0. The highest BCUT2D eigenvalue weighted by molar-refractivity contribution is 5.03. The quantitative estimate of drug-likeness (QED) is 0.614. The third-order valence-electron chi connectivity index (χ3n) is 6.12. The molecule has 1 aliphatic heterocycles. The van der Waals surface area contributed by atoms with E-state index >= 15 is 0 Å². The standard InChI is InChI=1S/C16H30N2O2/c1-19-16(9-4-5-10-16)14(18-17)13-6-11-20-15(12-13)7-2-3-8-15/h13-14,18H,2-12,17H2,1H3. The van der Waals surface area contributed by atoms with Gasteiger partial charge in [-0.25, -0.2) is 0 Å². The van der Waals surface area contributed by atoms with Gasteiger partial charge >= 0.3 is 0 Å². The molecule has 3 N–H and O–H groups in total.